The first kappa shape index (κ1) is 11.6. The van der Waals surface area contributed by atoms with E-state index in [9.17, 15) is 4.79 Å². The standard InChI is InChI=1S/C10H14BrN3O2/c1-13-7-12-5-9(13)10(15)14-2-3-16-8(4-11)6-14/h5,7-8H,2-4,6H2,1H3. The Hall–Kier alpha value is -0.880. The molecule has 0 aliphatic carbocycles. The molecular formula is C10H14BrN3O2. The molecule has 0 radical (unpaired) electrons. The fourth-order valence-corrected chi connectivity index (χ4v) is 2.11. The molecular weight excluding hydrogens is 274 g/mol. The molecule has 1 aromatic heterocycles. The number of morpholine rings is 1. The molecule has 6 heteroatoms. The van der Waals surface area contributed by atoms with Crippen LogP contribution in [0.3, 0.4) is 0 Å². The van der Waals surface area contributed by atoms with Gasteiger partial charge in [0.05, 0.1) is 25.2 Å². The number of aromatic nitrogens is 2. The third kappa shape index (κ3) is 2.27. The second-order valence-corrected chi connectivity index (χ2v) is 4.44. The van der Waals surface area contributed by atoms with E-state index in [0.29, 0.717) is 25.4 Å². The summed E-state index contributed by atoms with van der Waals surface area (Å²) < 4.78 is 7.23. The quantitative estimate of drug-likeness (QED) is 0.751. The lowest BCUT2D eigenvalue weighted by atomic mass is 10.2. The lowest BCUT2D eigenvalue weighted by molar-refractivity contribution is -0.0100. The lowest BCUT2D eigenvalue weighted by Crippen LogP contribution is -2.46. The molecule has 1 aliphatic rings. The van der Waals surface area contributed by atoms with Crippen LogP contribution in [0.5, 0.6) is 0 Å². The van der Waals surface area contributed by atoms with Gasteiger partial charge in [-0.2, -0.15) is 0 Å². The Morgan fingerprint density at radius 1 is 1.75 bits per heavy atom. The van der Waals surface area contributed by atoms with Gasteiger partial charge in [-0.05, 0) is 0 Å². The number of nitrogens with zero attached hydrogens (tertiary/aromatic N) is 3. The van der Waals surface area contributed by atoms with Crippen LogP contribution in [0, 0.1) is 0 Å². The number of carbonyl (C=O) groups excluding carboxylic acids is 1. The Morgan fingerprint density at radius 2 is 2.56 bits per heavy atom. The summed E-state index contributed by atoms with van der Waals surface area (Å²) in [6.07, 6.45) is 3.32. The largest absolute Gasteiger partial charge is 0.374 e. The summed E-state index contributed by atoms with van der Waals surface area (Å²) in [6, 6.07) is 0. The second kappa shape index (κ2) is 4.97. The molecule has 2 rings (SSSR count). The minimum atomic E-state index is 0.0225. The minimum absolute atomic E-state index is 0.0225. The zero-order valence-electron chi connectivity index (χ0n) is 9.10. The molecule has 1 aliphatic heterocycles. The fourth-order valence-electron chi connectivity index (χ4n) is 1.72. The third-order valence-corrected chi connectivity index (χ3v) is 3.36. The van der Waals surface area contributed by atoms with Crippen LogP contribution < -0.4 is 0 Å². The van der Waals surface area contributed by atoms with E-state index in [0.717, 1.165) is 5.33 Å². The molecule has 1 atom stereocenters. The van der Waals surface area contributed by atoms with Crippen LogP contribution in [0.2, 0.25) is 0 Å². The van der Waals surface area contributed by atoms with Crippen LogP contribution in [0.4, 0.5) is 0 Å². The Kier molecular flexibility index (Phi) is 3.60. The van der Waals surface area contributed by atoms with Crippen LogP contribution >= 0.6 is 15.9 Å². The summed E-state index contributed by atoms with van der Waals surface area (Å²) >= 11 is 3.37. The van der Waals surface area contributed by atoms with E-state index in [2.05, 4.69) is 20.9 Å². The third-order valence-electron chi connectivity index (χ3n) is 2.63. The number of hydrogen-bond donors (Lipinski definition) is 0. The molecule has 5 nitrogen and oxygen atoms in total. The highest BCUT2D eigenvalue weighted by molar-refractivity contribution is 9.09. The van der Waals surface area contributed by atoms with Crippen molar-refractivity contribution in [1.29, 1.82) is 0 Å². The topological polar surface area (TPSA) is 47.4 Å². The molecule has 2 heterocycles. The first-order valence-corrected chi connectivity index (χ1v) is 6.27. The van der Waals surface area contributed by atoms with Gasteiger partial charge in [0, 0.05) is 25.5 Å². The molecule has 1 amide bonds. The molecule has 1 aromatic rings. The van der Waals surface area contributed by atoms with Crippen molar-refractivity contribution in [3.63, 3.8) is 0 Å². The first-order chi connectivity index (χ1) is 7.72. The number of amides is 1. The van der Waals surface area contributed by atoms with Crippen molar-refractivity contribution in [3.8, 4) is 0 Å². The molecule has 1 fully saturated rings. The number of aryl methyl sites for hydroxylation is 1. The lowest BCUT2D eigenvalue weighted by Gasteiger charge is -2.32. The van der Waals surface area contributed by atoms with E-state index in [4.69, 9.17) is 4.74 Å². The van der Waals surface area contributed by atoms with Crippen molar-refractivity contribution < 1.29 is 9.53 Å². The van der Waals surface area contributed by atoms with Crippen molar-refractivity contribution in [1.82, 2.24) is 14.5 Å². The molecule has 0 bridgehead atoms. The summed E-state index contributed by atoms with van der Waals surface area (Å²) in [5, 5.41) is 0.752. The molecule has 1 unspecified atom stereocenters. The minimum Gasteiger partial charge on any atom is -0.374 e. The van der Waals surface area contributed by atoms with Gasteiger partial charge in [0.15, 0.2) is 0 Å². The van der Waals surface area contributed by atoms with Crippen LogP contribution in [-0.4, -0.2) is 51.5 Å². The zero-order chi connectivity index (χ0) is 11.5. The van der Waals surface area contributed by atoms with Crippen molar-refractivity contribution >= 4 is 21.8 Å². The van der Waals surface area contributed by atoms with Gasteiger partial charge < -0.3 is 14.2 Å². The van der Waals surface area contributed by atoms with Crippen LogP contribution in [0.1, 0.15) is 10.5 Å². The molecule has 0 saturated carbocycles. The molecule has 0 aromatic carbocycles. The van der Waals surface area contributed by atoms with Crippen LogP contribution in [0.15, 0.2) is 12.5 Å². The molecule has 0 N–H and O–H groups in total. The first-order valence-electron chi connectivity index (χ1n) is 5.15. The van der Waals surface area contributed by atoms with Crippen molar-refractivity contribution in [2.75, 3.05) is 25.0 Å². The highest BCUT2D eigenvalue weighted by Gasteiger charge is 2.25. The number of rotatable bonds is 2. The van der Waals surface area contributed by atoms with Crippen LogP contribution in [-0.2, 0) is 11.8 Å². The SMILES string of the molecule is Cn1cncc1C(=O)N1CCOC(CBr)C1. The molecule has 88 valence electrons. The maximum Gasteiger partial charge on any atom is 0.272 e. The monoisotopic (exact) mass is 287 g/mol. The highest BCUT2D eigenvalue weighted by Crippen LogP contribution is 2.11. The van der Waals surface area contributed by atoms with Gasteiger partial charge in [-0.25, -0.2) is 4.98 Å². The maximum atomic E-state index is 12.1. The van der Waals surface area contributed by atoms with E-state index >= 15 is 0 Å². The number of imidazole rings is 1. The van der Waals surface area contributed by atoms with Crippen molar-refractivity contribution in [3.05, 3.63) is 18.2 Å². The van der Waals surface area contributed by atoms with E-state index in [1.807, 2.05) is 11.9 Å². The summed E-state index contributed by atoms with van der Waals surface area (Å²) in [7, 11) is 1.82. The highest BCUT2D eigenvalue weighted by atomic mass is 79.9. The predicted molar refractivity (Wildman–Crippen MR) is 62.6 cm³/mol. The van der Waals surface area contributed by atoms with E-state index in [-0.39, 0.29) is 12.0 Å². The number of alkyl halides is 1. The van der Waals surface area contributed by atoms with Gasteiger partial charge in [0.2, 0.25) is 0 Å². The van der Waals surface area contributed by atoms with Crippen molar-refractivity contribution in [2.24, 2.45) is 7.05 Å². The summed E-state index contributed by atoms with van der Waals surface area (Å²) in [4.78, 5) is 17.9. The Morgan fingerprint density at radius 3 is 3.19 bits per heavy atom. The Bertz CT molecular complexity index is 380. The average molecular weight is 288 g/mol. The predicted octanol–water partition coefficient (Wildman–Crippen LogP) is 0.656. The maximum absolute atomic E-state index is 12.1. The number of carbonyl (C=O) groups is 1. The van der Waals surface area contributed by atoms with Gasteiger partial charge >= 0.3 is 0 Å². The number of ether oxygens (including phenoxy) is 1. The van der Waals surface area contributed by atoms with Crippen LogP contribution in [0.25, 0.3) is 0 Å². The summed E-state index contributed by atoms with van der Waals surface area (Å²) in [5.74, 6) is 0.0225. The molecule has 16 heavy (non-hydrogen) atoms. The van der Waals surface area contributed by atoms with Gasteiger partial charge in [-0.1, -0.05) is 15.9 Å². The number of halogens is 1. The zero-order valence-corrected chi connectivity index (χ0v) is 10.7. The Labute approximate surface area is 103 Å². The molecule has 0 spiro atoms. The van der Waals surface area contributed by atoms with E-state index in [1.54, 1.807) is 17.1 Å². The summed E-state index contributed by atoms with van der Waals surface area (Å²) in [6.45, 7) is 1.88. The van der Waals surface area contributed by atoms with E-state index < -0.39 is 0 Å². The second-order valence-electron chi connectivity index (χ2n) is 3.79. The average Bonchev–Trinajstić information content (AvgIpc) is 2.74. The van der Waals surface area contributed by atoms with Gasteiger partial charge in [0.25, 0.3) is 5.91 Å². The van der Waals surface area contributed by atoms with E-state index in [1.165, 1.54) is 0 Å². The van der Waals surface area contributed by atoms with Gasteiger partial charge in [0.1, 0.15) is 5.69 Å². The normalized spacial score (nSPS) is 21.1. The van der Waals surface area contributed by atoms with Gasteiger partial charge in [-0.3, -0.25) is 4.79 Å². The van der Waals surface area contributed by atoms with Crippen molar-refractivity contribution in [2.45, 2.75) is 6.10 Å². The van der Waals surface area contributed by atoms with Gasteiger partial charge in [-0.15, -0.1) is 0 Å². The Balaban J connectivity index is 2.07. The summed E-state index contributed by atoms with van der Waals surface area (Å²) in [5.41, 5.74) is 0.621. The molecule has 1 saturated heterocycles. The number of hydrogen-bond acceptors (Lipinski definition) is 3. The smallest absolute Gasteiger partial charge is 0.272 e. The fraction of sp³-hybridized carbons (Fsp3) is 0.600.